The van der Waals surface area contributed by atoms with E-state index in [1.807, 2.05) is 6.92 Å². The highest BCUT2D eigenvalue weighted by atomic mass is 35.5. The van der Waals surface area contributed by atoms with E-state index >= 15 is 0 Å². The summed E-state index contributed by atoms with van der Waals surface area (Å²) in [6, 6.07) is 9.18. The van der Waals surface area contributed by atoms with Gasteiger partial charge in [-0.2, -0.15) is 0 Å². The van der Waals surface area contributed by atoms with E-state index in [2.05, 4.69) is 30.6 Å². The maximum Gasteiger partial charge on any atom is 0.255 e. The molecule has 1 aliphatic heterocycles. The Bertz CT molecular complexity index is 1670. The van der Waals surface area contributed by atoms with Gasteiger partial charge < -0.3 is 25.4 Å². The van der Waals surface area contributed by atoms with Crippen LogP contribution >= 0.6 is 11.6 Å². The fourth-order valence-corrected chi connectivity index (χ4v) is 4.82. The van der Waals surface area contributed by atoms with E-state index in [0.29, 0.717) is 33.2 Å². The number of carbonyl (C=O) groups is 2. The zero-order valence-corrected chi connectivity index (χ0v) is 23.7. The minimum absolute atomic E-state index is 0.206. The number of anilines is 2. The molecule has 3 N–H and O–H groups in total. The Kier molecular flexibility index (Phi) is 8.27. The third-order valence-corrected chi connectivity index (χ3v) is 7.16. The van der Waals surface area contributed by atoms with E-state index in [0.717, 1.165) is 11.3 Å². The van der Waals surface area contributed by atoms with Crippen molar-refractivity contribution in [1.29, 1.82) is 0 Å². The van der Waals surface area contributed by atoms with Gasteiger partial charge in [-0.1, -0.05) is 23.7 Å². The molecular formula is C29H27ClFN7O4. The molecule has 13 heteroatoms. The Morgan fingerprint density at radius 2 is 2.00 bits per heavy atom. The molecule has 0 saturated heterocycles. The van der Waals surface area contributed by atoms with Crippen molar-refractivity contribution >= 4 is 35.2 Å². The summed E-state index contributed by atoms with van der Waals surface area (Å²) in [5.74, 6) is -0.386. The molecule has 0 radical (unpaired) electrons. The van der Waals surface area contributed by atoms with Crippen molar-refractivity contribution in [2.75, 3.05) is 19.0 Å². The number of fused-ring (bicyclic) bond motifs is 1. The van der Waals surface area contributed by atoms with Crippen molar-refractivity contribution in [3.05, 3.63) is 88.2 Å². The third kappa shape index (κ3) is 5.99. The van der Waals surface area contributed by atoms with Gasteiger partial charge in [0.1, 0.15) is 29.8 Å². The lowest BCUT2D eigenvalue weighted by atomic mass is 10.0. The quantitative estimate of drug-likeness (QED) is 0.263. The van der Waals surface area contributed by atoms with Crippen LogP contribution in [0.2, 0.25) is 5.02 Å². The average molecular weight is 592 g/mol. The van der Waals surface area contributed by atoms with Crippen LogP contribution in [0.5, 0.6) is 5.75 Å². The van der Waals surface area contributed by atoms with Crippen molar-refractivity contribution in [2.45, 2.75) is 32.5 Å². The number of ether oxygens (including phenoxy) is 1. The topological polar surface area (TPSA) is 142 Å². The van der Waals surface area contributed by atoms with E-state index in [1.54, 1.807) is 31.2 Å². The lowest BCUT2D eigenvalue weighted by Gasteiger charge is -2.26. The summed E-state index contributed by atoms with van der Waals surface area (Å²) in [6.45, 7) is 3.16. The second-order valence-corrected chi connectivity index (χ2v) is 10.1. The van der Waals surface area contributed by atoms with Gasteiger partial charge in [0, 0.05) is 35.5 Å². The molecule has 216 valence electrons. The van der Waals surface area contributed by atoms with Crippen LogP contribution in [-0.4, -0.2) is 61.5 Å². The monoisotopic (exact) mass is 591 g/mol. The standard InChI is InChI=1S/C29H27ClFN7O4/c1-15-6-25(34-14-33-15)36-29-32-11-23(30)26(37-29)17-4-5-18-12-38(28(41)22(18)9-17)16(2)27(40)35-24(13-39)19-7-20(31)10-21(8-19)42-3/h4-11,14,16,24,39H,12-13H2,1-3H3,(H,35,40)(H,32,33,34,36,37)/t16-,24-/m1/s1. The zero-order valence-electron chi connectivity index (χ0n) is 22.9. The zero-order chi connectivity index (χ0) is 30.0. The summed E-state index contributed by atoms with van der Waals surface area (Å²) in [4.78, 5) is 45.0. The van der Waals surface area contributed by atoms with Gasteiger partial charge in [0.25, 0.3) is 5.91 Å². The van der Waals surface area contributed by atoms with Gasteiger partial charge in [0.05, 0.1) is 36.7 Å². The van der Waals surface area contributed by atoms with Gasteiger partial charge in [0.15, 0.2) is 0 Å². The van der Waals surface area contributed by atoms with Gasteiger partial charge in [-0.3, -0.25) is 9.59 Å². The first-order valence-corrected chi connectivity index (χ1v) is 13.3. The molecular weight excluding hydrogens is 565 g/mol. The molecule has 11 nitrogen and oxygen atoms in total. The minimum atomic E-state index is -0.898. The van der Waals surface area contributed by atoms with E-state index in [-0.39, 0.29) is 24.1 Å². The fourth-order valence-electron chi connectivity index (χ4n) is 4.62. The molecule has 0 unspecified atom stereocenters. The summed E-state index contributed by atoms with van der Waals surface area (Å²) in [7, 11) is 1.39. The molecule has 1 aliphatic rings. The number of methoxy groups -OCH3 is 1. The third-order valence-electron chi connectivity index (χ3n) is 6.88. The van der Waals surface area contributed by atoms with Crippen LogP contribution in [-0.2, 0) is 11.3 Å². The largest absolute Gasteiger partial charge is 0.497 e. The predicted molar refractivity (Wildman–Crippen MR) is 153 cm³/mol. The van der Waals surface area contributed by atoms with Gasteiger partial charge in [0.2, 0.25) is 11.9 Å². The molecule has 2 aromatic heterocycles. The molecule has 2 atom stereocenters. The summed E-state index contributed by atoms with van der Waals surface area (Å²) >= 11 is 6.43. The number of benzene rings is 2. The van der Waals surface area contributed by atoms with Gasteiger partial charge in [-0.15, -0.1) is 0 Å². The normalized spacial score (nSPS) is 13.9. The molecule has 0 aliphatic carbocycles. The molecule has 0 fully saturated rings. The van der Waals surface area contributed by atoms with Crippen LogP contribution in [0.15, 0.2) is 55.0 Å². The lowest BCUT2D eigenvalue weighted by molar-refractivity contribution is -0.126. The first-order valence-electron chi connectivity index (χ1n) is 12.9. The first kappa shape index (κ1) is 28.8. The first-order chi connectivity index (χ1) is 20.2. The number of carbonyl (C=O) groups excluding carboxylic acids is 2. The average Bonchev–Trinajstić information content (AvgIpc) is 3.31. The molecule has 0 saturated carbocycles. The van der Waals surface area contributed by atoms with Gasteiger partial charge in [-0.25, -0.2) is 24.3 Å². The number of nitrogens with one attached hydrogen (secondary N) is 2. The number of aliphatic hydroxyl groups is 1. The smallest absolute Gasteiger partial charge is 0.255 e. The van der Waals surface area contributed by atoms with Crippen LogP contribution in [0.1, 0.15) is 40.1 Å². The maximum absolute atomic E-state index is 14.0. The Morgan fingerprint density at radius 3 is 2.74 bits per heavy atom. The number of aromatic nitrogens is 4. The second kappa shape index (κ2) is 12.0. The maximum atomic E-state index is 14.0. The number of hydrogen-bond acceptors (Lipinski definition) is 9. The molecule has 2 aromatic carbocycles. The number of halogens is 2. The number of aliphatic hydroxyl groups excluding tert-OH is 1. The highest BCUT2D eigenvalue weighted by Gasteiger charge is 2.35. The molecule has 0 bridgehead atoms. The number of rotatable bonds is 9. The van der Waals surface area contributed by atoms with Crippen LogP contribution in [0.3, 0.4) is 0 Å². The van der Waals surface area contributed by atoms with Gasteiger partial charge >= 0.3 is 0 Å². The summed E-state index contributed by atoms with van der Waals surface area (Å²) in [6.07, 6.45) is 2.88. The van der Waals surface area contributed by atoms with Crippen molar-refractivity contribution < 1.29 is 23.8 Å². The second-order valence-electron chi connectivity index (χ2n) is 9.71. The van der Waals surface area contributed by atoms with Crippen molar-refractivity contribution in [3.63, 3.8) is 0 Å². The Balaban J connectivity index is 1.33. The van der Waals surface area contributed by atoms with E-state index < -0.39 is 30.4 Å². The summed E-state index contributed by atoms with van der Waals surface area (Å²) in [5, 5.41) is 15.9. The number of aryl methyl sites for hydroxylation is 1. The molecule has 5 rings (SSSR count). The lowest BCUT2D eigenvalue weighted by Crippen LogP contribution is -2.46. The minimum Gasteiger partial charge on any atom is -0.497 e. The number of nitrogens with zero attached hydrogens (tertiary/aromatic N) is 5. The van der Waals surface area contributed by atoms with Crippen LogP contribution in [0, 0.1) is 12.7 Å². The predicted octanol–water partition coefficient (Wildman–Crippen LogP) is 3.98. The SMILES string of the molecule is COc1cc(F)cc([C@@H](CO)NC(=O)[C@@H](C)N2Cc3ccc(-c4nc(Nc5cc(C)ncn5)ncc4Cl)cc3C2=O)c1. The van der Waals surface area contributed by atoms with E-state index in [9.17, 15) is 19.1 Å². The Morgan fingerprint density at radius 1 is 1.19 bits per heavy atom. The molecule has 42 heavy (non-hydrogen) atoms. The van der Waals surface area contributed by atoms with Crippen LogP contribution in [0.25, 0.3) is 11.3 Å². The highest BCUT2D eigenvalue weighted by molar-refractivity contribution is 6.33. The van der Waals surface area contributed by atoms with Crippen molar-refractivity contribution in [3.8, 4) is 17.0 Å². The van der Waals surface area contributed by atoms with Gasteiger partial charge in [-0.05, 0) is 43.2 Å². The van der Waals surface area contributed by atoms with Crippen LogP contribution in [0.4, 0.5) is 16.2 Å². The van der Waals surface area contributed by atoms with Crippen molar-refractivity contribution in [1.82, 2.24) is 30.2 Å². The summed E-state index contributed by atoms with van der Waals surface area (Å²) in [5.41, 5.74) is 3.26. The molecule has 2 amide bonds. The van der Waals surface area contributed by atoms with Crippen LogP contribution < -0.4 is 15.4 Å². The number of hydrogen-bond donors (Lipinski definition) is 3. The van der Waals surface area contributed by atoms with E-state index in [4.69, 9.17) is 16.3 Å². The fraction of sp³-hybridized carbons (Fsp3) is 0.241. The molecule has 3 heterocycles. The molecule has 4 aromatic rings. The Hall–Kier alpha value is -4.68. The molecule has 0 spiro atoms. The highest BCUT2D eigenvalue weighted by Crippen LogP contribution is 2.33. The Labute approximate surface area is 245 Å². The number of amides is 2. The summed E-state index contributed by atoms with van der Waals surface area (Å²) < 4.78 is 19.1. The van der Waals surface area contributed by atoms with Crippen molar-refractivity contribution in [2.24, 2.45) is 0 Å². The van der Waals surface area contributed by atoms with E-state index in [1.165, 1.54) is 42.7 Å².